The van der Waals surface area contributed by atoms with Crippen molar-refractivity contribution in [1.29, 1.82) is 0 Å². The molecule has 3 aliphatic rings. The summed E-state index contributed by atoms with van der Waals surface area (Å²) in [6.07, 6.45) is 6.15. The van der Waals surface area contributed by atoms with Gasteiger partial charge in [-0.2, -0.15) is 0 Å². The van der Waals surface area contributed by atoms with E-state index in [1.165, 1.54) is 11.1 Å². The molecule has 0 saturated heterocycles. The second-order valence-electron chi connectivity index (χ2n) is 8.68. The maximum atomic E-state index is 11.4. The number of hydrogen-bond acceptors (Lipinski definition) is 2. The molecule has 0 radical (unpaired) electrons. The molecule has 4 rings (SSSR count). The van der Waals surface area contributed by atoms with E-state index in [0.29, 0.717) is 23.5 Å². The summed E-state index contributed by atoms with van der Waals surface area (Å²) in [6.45, 7) is 8.03. The highest BCUT2D eigenvalue weighted by molar-refractivity contribution is 5.41. The van der Waals surface area contributed by atoms with Crippen molar-refractivity contribution < 1.29 is 10.2 Å². The van der Waals surface area contributed by atoms with Crippen molar-refractivity contribution in [3.8, 4) is 17.6 Å². The summed E-state index contributed by atoms with van der Waals surface area (Å²) in [4.78, 5) is 0. The van der Waals surface area contributed by atoms with Gasteiger partial charge in [-0.25, -0.2) is 0 Å². The molecule has 0 bridgehead atoms. The van der Waals surface area contributed by atoms with E-state index < -0.39 is 5.60 Å². The van der Waals surface area contributed by atoms with Gasteiger partial charge in [0.2, 0.25) is 0 Å². The van der Waals surface area contributed by atoms with Crippen molar-refractivity contribution in [2.45, 2.75) is 63.9 Å². The first-order valence-corrected chi connectivity index (χ1v) is 9.57. The van der Waals surface area contributed by atoms with Gasteiger partial charge in [-0.3, -0.25) is 0 Å². The first-order valence-electron chi connectivity index (χ1n) is 9.57. The van der Waals surface area contributed by atoms with Crippen LogP contribution < -0.4 is 0 Å². The highest BCUT2D eigenvalue weighted by atomic mass is 16.3. The monoisotopic (exact) mass is 336 g/mol. The summed E-state index contributed by atoms with van der Waals surface area (Å²) >= 11 is 0. The van der Waals surface area contributed by atoms with Gasteiger partial charge in [-0.1, -0.05) is 31.4 Å². The van der Waals surface area contributed by atoms with Crippen molar-refractivity contribution in [3.05, 3.63) is 41.5 Å². The number of aryl methyl sites for hydroxylation is 1. The second-order valence-corrected chi connectivity index (χ2v) is 8.68. The minimum Gasteiger partial charge on any atom is -0.508 e. The second kappa shape index (κ2) is 5.64. The molecule has 2 saturated carbocycles. The SMILES string of the molecule is C=C(C)C#C[C@]1(O)CC[C@H]2[C@@H]3CCc4cc(O)ccc4[C@H]3CC[C@@]21C. The fraction of sp³-hybridized carbons (Fsp3) is 0.565. The van der Waals surface area contributed by atoms with Crippen molar-refractivity contribution in [2.24, 2.45) is 17.3 Å². The van der Waals surface area contributed by atoms with Gasteiger partial charge in [-0.15, -0.1) is 0 Å². The van der Waals surface area contributed by atoms with E-state index in [2.05, 4.69) is 31.4 Å². The molecular weight excluding hydrogens is 308 g/mol. The maximum absolute atomic E-state index is 11.4. The molecular formula is C23H28O2. The van der Waals surface area contributed by atoms with Crippen LogP contribution in [0.1, 0.15) is 63.0 Å². The Morgan fingerprint density at radius 2 is 2.04 bits per heavy atom. The summed E-state index contributed by atoms with van der Waals surface area (Å²) in [7, 11) is 0. The van der Waals surface area contributed by atoms with Crippen molar-refractivity contribution in [1.82, 2.24) is 0 Å². The maximum Gasteiger partial charge on any atom is 0.131 e. The molecule has 1 aromatic carbocycles. The van der Waals surface area contributed by atoms with Crippen LogP contribution in [0.2, 0.25) is 0 Å². The molecule has 2 N–H and O–H groups in total. The average Bonchev–Trinajstić information content (AvgIpc) is 2.84. The number of fused-ring (bicyclic) bond motifs is 5. The fourth-order valence-corrected chi connectivity index (χ4v) is 6.00. The van der Waals surface area contributed by atoms with Gasteiger partial charge in [0.25, 0.3) is 0 Å². The number of phenolic OH excluding ortho intramolecular Hbond substituents is 1. The first kappa shape index (κ1) is 16.7. The van der Waals surface area contributed by atoms with Gasteiger partial charge >= 0.3 is 0 Å². The van der Waals surface area contributed by atoms with Crippen molar-refractivity contribution in [2.75, 3.05) is 0 Å². The quantitative estimate of drug-likeness (QED) is 0.682. The van der Waals surface area contributed by atoms with Crippen LogP contribution in [0, 0.1) is 29.1 Å². The summed E-state index contributed by atoms with van der Waals surface area (Å²) in [6, 6.07) is 5.91. The van der Waals surface area contributed by atoms with Crippen LogP contribution in [0.15, 0.2) is 30.4 Å². The zero-order valence-corrected chi connectivity index (χ0v) is 15.3. The van der Waals surface area contributed by atoms with Gasteiger partial charge in [-0.05, 0) is 92.0 Å². The lowest BCUT2D eigenvalue weighted by molar-refractivity contribution is -0.0647. The van der Waals surface area contributed by atoms with E-state index in [9.17, 15) is 10.2 Å². The number of allylic oxidation sites excluding steroid dienone is 1. The summed E-state index contributed by atoms with van der Waals surface area (Å²) < 4.78 is 0. The summed E-state index contributed by atoms with van der Waals surface area (Å²) in [5.74, 6) is 8.34. The van der Waals surface area contributed by atoms with Crippen LogP contribution in [0.3, 0.4) is 0 Å². The number of aliphatic hydroxyl groups is 1. The smallest absolute Gasteiger partial charge is 0.131 e. The molecule has 1 aromatic rings. The number of rotatable bonds is 0. The Hall–Kier alpha value is -1.72. The Labute approximate surface area is 151 Å². The van der Waals surface area contributed by atoms with Crippen molar-refractivity contribution >= 4 is 0 Å². The van der Waals surface area contributed by atoms with Gasteiger partial charge in [0, 0.05) is 5.41 Å². The topological polar surface area (TPSA) is 40.5 Å². The average molecular weight is 336 g/mol. The Bertz CT molecular complexity index is 783. The molecule has 5 atom stereocenters. The molecule has 25 heavy (non-hydrogen) atoms. The standard InChI is InChI=1S/C23H28O2/c1-15(2)8-12-23(25)13-10-21-20-6-4-16-14-17(24)5-7-18(16)19(20)9-11-22(21,23)3/h5,7,14,19-21,24-25H,1,4,6,9-11,13H2,2-3H3/t19-,20-,21+,22+,23+/m1/s1. The highest BCUT2D eigenvalue weighted by Crippen LogP contribution is 2.64. The molecule has 0 aliphatic heterocycles. The predicted octanol–water partition coefficient (Wildman–Crippen LogP) is 4.56. The fourth-order valence-electron chi connectivity index (χ4n) is 6.00. The third-order valence-corrected chi connectivity index (χ3v) is 7.34. The third-order valence-electron chi connectivity index (χ3n) is 7.34. The molecule has 2 fully saturated rings. The van der Waals surface area contributed by atoms with E-state index in [0.717, 1.165) is 44.1 Å². The van der Waals surface area contributed by atoms with E-state index in [4.69, 9.17) is 0 Å². The predicted molar refractivity (Wildman–Crippen MR) is 100 cm³/mol. The minimum absolute atomic E-state index is 0.120. The summed E-state index contributed by atoms with van der Waals surface area (Å²) in [5.41, 5.74) is 2.57. The van der Waals surface area contributed by atoms with Gasteiger partial charge in [0.05, 0.1) is 0 Å². The normalized spacial score (nSPS) is 38.8. The van der Waals surface area contributed by atoms with E-state index in [1.807, 2.05) is 19.1 Å². The first-order chi connectivity index (χ1) is 11.8. The molecule has 0 amide bonds. The van der Waals surface area contributed by atoms with Crippen LogP contribution in [0.5, 0.6) is 5.75 Å². The molecule has 0 heterocycles. The van der Waals surface area contributed by atoms with Crippen LogP contribution in [-0.4, -0.2) is 15.8 Å². The highest BCUT2D eigenvalue weighted by Gasteiger charge is 2.61. The molecule has 132 valence electrons. The van der Waals surface area contributed by atoms with Crippen molar-refractivity contribution in [3.63, 3.8) is 0 Å². The Morgan fingerprint density at radius 1 is 1.24 bits per heavy atom. The number of benzene rings is 1. The largest absolute Gasteiger partial charge is 0.508 e. The van der Waals surface area contributed by atoms with E-state index in [-0.39, 0.29) is 5.41 Å². The Morgan fingerprint density at radius 3 is 2.80 bits per heavy atom. The zero-order valence-electron chi connectivity index (χ0n) is 15.3. The molecule has 0 unspecified atom stereocenters. The third kappa shape index (κ3) is 2.44. The van der Waals surface area contributed by atoms with Crippen LogP contribution in [0.25, 0.3) is 0 Å². The molecule has 0 spiro atoms. The lowest BCUT2D eigenvalue weighted by Gasteiger charge is -2.52. The molecule has 2 heteroatoms. The van der Waals surface area contributed by atoms with Crippen LogP contribution >= 0.6 is 0 Å². The van der Waals surface area contributed by atoms with E-state index in [1.54, 1.807) is 0 Å². The van der Waals surface area contributed by atoms with Gasteiger partial charge in [0.15, 0.2) is 0 Å². The molecule has 2 nitrogen and oxygen atoms in total. The van der Waals surface area contributed by atoms with Crippen LogP contribution in [0.4, 0.5) is 0 Å². The molecule has 3 aliphatic carbocycles. The minimum atomic E-state index is -0.878. The number of phenols is 1. The number of hydrogen-bond donors (Lipinski definition) is 2. The van der Waals surface area contributed by atoms with Crippen LogP contribution in [-0.2, 0) is 6.42 Å². The molecule has 0 aromatic heterocycles. The Balaban J connectivity index is 1.68. The van der Waals surface area contributed by atoms with Gasteiger partial charge in [0.1, 0.15) is 11.4 Å². The zero-order chi connectivity index (χ0) is 17.8. The van der Waals surface area contributed by atoms with E-state index >= 15 is 0 Å². The van der Waals surface area contributed by atoms with Gasteiger partial charge < -0.3 is 10.2 Å². The number of aromatic hydroxyl groups is 1. The Kier molecular flexibility index (Phi) is 3.78. The summed E-state index contributed by atoms with van der Waals surface area (Å²) in [5, 5.41) is 21.2. The lowest BCUT2D eigenvalue weighted by atomic mass is 9.53. The lowest BCUT2D eigenvalue weighted by Crippen LogP contribution is -2.50.